The predicted molar refractivity (Wildman–Crippen MR) is 106 cm³/mol. The van der Waals surface area contributed by atoms with Crippen LogP contribution in [0.2, 0.25) is 0 Å². The number of rotatable bonds is 7. The predicted octanol–water partition coefficient (Wildman–Crippen LogP) is 2.17. The molecule has 3 rings (SSSR count). The maximum absolute atomic E-state index is 12.7. The summed E-state index contributed by atoms with van der Waals surface area (Å²) >= 11 is 0. The van der Waals surface area contributed by atoms with Crippen LogP contribution in [0, 0.1) is 20.8 Å². The van der Waals surface area contributed by atoms with E-state index in [-0.39, 0.29) is 11.6 Å². The smallest absolute Gasteiger partial charge is 0.356 e. The van der Waals surface area contributed by atoms with Gasteiger partial charge in [0, 0.05) is 24.0 Å². The summed E-state index contributed by atoms with van der Waals surface area (Å²) in [5.41, 5.74) is 4.24. The molecule has 0 saturated heterocycles. The summed E-state index contributed by atoms with van der Waals surface area (Å²) in [6, 6.07) is 0.690. The summed E-state index contributed by atoms with van der Waals surface area (Å²) in [7, 11) is 0. The number of aromatic nitrogens is 6. The lowest BCUT2D eigenvalue weighted by atomic mass is 10.2. The standard InChI is InChI=1S/C19H25N7O3/c1-6-24-12(3)15(9-20-24)10-26-13(4)17(11(2)22-26)21-18(27)14(5)25-8-7-16(23-25)19(28)29/h7-9,14H,6,10H2,1-5H3,(H,21,27)(H,28,29). The van der Waals surface area contributed by atoms with Crippen molar-refractivity contribution in [2.75, 3.05) is 5.32 Å². The van der Waals surface area contributed by atoms with Crippen molar-refractivity contribution in [1.29, 1.82) is 0 Å². The summed E-state index contributed by atoms with van der Waals surface area (Å²) in [6.45, 7) is 10.8. The molecule has 3 aromatic heterocycles. The highest BCUT2D eigenvalue weighted by molar-refractivity contribution is 5.94. The lowest BCUT2D eigenvalue weighted by Crippen LogP contribution is -2.25. The molecule has 0 fully saturated rings. The van der Waals surface area contributed by atoms with Crippen LogP contribution >= 0.6 is 0 Å². The van der Waals surface area contributed by atoms with Crippen molar-refractivity contribution in [2.24, 2.45) is 0 Å². The molecule has 0 spiro atoms. The van der Waals surface area contributed by atoms with E-state index in [2.05, 4.69) is 20.6 Å². The second-order valence-corrected chi connectivity index (χ2v) is 6.93. The number of carboxylic acids is 1. The van der Waals surface area contributed by atoms with Crippen molar-refractivity contribution < 1.29 is 14.7 Å². The topological polar surface area (TPSA) is 120 Å². The summed E-state index contributed by atoms with van der Waals surface area (Å²) in [5.74, 6) is -1.43. The fourth-order valence-electron chi connectivity index (χ4n) is 3.17. The summed E-state index contributed by atoms with van der Waals surface area (Å²) < 4.78 is 5.10. The fraction of sp³-hybridized carbons (Fsp3) is 0.421. The molecule has 3 aromatic rings. The Bertz CT molecular complexity index is 1060. The fourth-order valence-corrected chi connectivity index (χ4v) is 3.17. The zero-order chi connectivity index (χ0) is 21.3. The minimum atomic E-state index is -1.13. The lowest BCUT2D eigenvalue weighted by Gasteiger charge is -2.13. The van der Waals surface area contributed by atoms with Gasteiger partial charge < -0.3 is 10.4 Å². The van der Waals surface area contributed by atoms with Crippen LogP contribution in [-0.4, -0.2) is 46.3 Å². The van der Waals surface area contributed by atoms with Crippen molar-refractivity contribution in [3.8, 4) is 0 Å². The van der Waals surface area contributed by atoms with Gasteiger partial charge in [0.05, 0.1) is 29.8 Å². The molecule has 10 heteroatoms. The number of carbonyl (C=O) groups is 2. The maximum atomic E-state index is 12.7. The van der Waals surface area contributed by atoms with Crippen LogP contribution in [0.15, 0.2) is 18.5 Å². The Balaban J connectivity index is 1.77. The zero-order valence-corrected chi connectivity index (χ0v) is 17.2. The van der Waals surface area contributed by atoms with E-state index < -0.39 is 12.0 Å². The lowest BCUT2D eigenvalue weighted by molar-refractivity contribution is -0.119. The molecule has 0 saturated carbocycles. The van der Waals surface area contributed by atoms with Gasteiger partial charge in [0.2, 0.25) is 5.91 Å². The molecule has 10 nitrogen and oxygen atoms in total. The third-order valence-corrected chi connectivity index (χ3v) is 5.06. The molecule has 2 N–H and O–H groups in total. The van der Waals surface area contributed by atoms with Gasteiger partial charge in [-0.25, -0.2) is 4.79 Å². The Kier molecular flexibility index (Phi) is 5.53. The van der Waals surface area contributed by atoms with E-state index in [0.717, 1.165) is 23.5 Å². The largest absolute Gasteiger partial charge is 0.476 e. The summed E-state index contributed by atoms with van der Waals surface area (Å²) in [6.07, 6.45) is 3.32. The van der Waals surface area contributed by atoms with Gasteiger partial charge in [0.15, 0.2) is 5.69 Å². The Morgan fingerprint density at radius 2 is 1.90 bits per heavy atom. The first-order chi connectivity index (χ1) is 13.7. The van der Waals surface area contributed by atoms with Crippen molar-refractivity contribution >= 4 is 17.6 Å². The van der Waals surface area contributed by atoms with Crippen LogP contribution in [0.3, 0.4) is 0 Å². The zero-order valence-electron chi connectivity index (χ0n) is 17.2. The molecular weight excluding hydrogens is 374 g/mol. The van der Waals surface area contributed by atoms with E-state index in [9.17, 15) is 9.59 Å². The molecule has 0 aromatic carbocycles. The second kappa shape index (κ2) is 7.90. The number of aryl methyl sites for hydroxylation is 2. The number of carbonyl (C=O) groups excluding carboxylic acids is 1. The molecule has 0 aliphatic heterocycles. The Morgan fingerprint density at radius 1 is 1.17 bits per heavy atom. The van der Waals surface area contributed by atoms with Crippen LogP contribution < -0.4 is 5.32 Å². The van der Waals surface area contributed by atoms with Gasteiger partial charge in [-0.15, -0.1) is 0 Å². The molecular formula is C19H25N7O3. The number of carboxylic acid groups (broad SMARTS) is 1. The molecule has 0 aliphatic rings. The monoisotopic (exact) mass is 399 g/mol. The average molecular weight is 399 g/mol. The van der Waals surface area contributed by atoms with Gasteiger partial charge in [-0.05, 0) is 40.7 Å². The highest BCUT2D eigenvalue weighted by Gasteiger charge is 2.21. The SMILES string of the molecule is CCn1ncc(Cn2nc(C)c(NC(=O)C(C)n3ccc(C(=O)O)n3)c2C)c1C. The molecule has 1 unspecified atom stereocenters. The number of anilines is 1. The van der Waals surface area contributed by atoms with Gasteiger partial charge in [0.1, 0.15) is 6.04 Å². The Labute approximate surface area is 168 Å². The van der Waals surface area contributed by atoms with Crippen molar-refractivity contribution in [2.45, 2.75) is 53.8 Å². The molecule has 0 aliphatic carbocycles. The number of hydrogen-bond donors (Lipinski definition) is 2. The normalized spacial score (nSPS) is 12.2. The number of amides is 1. The minimum absolute atomic E-state index is 0.104. The number of nitrogens with zero attached hydrogens (tertiary/aromatic N) is 6. The summed E-state index contributed by atoms with van der Waals surface area (Å²) in [5, 5.41) is 24.7. The van der Waals surface area contributed by atoms with E-state index in [1.807, 2.05) is 43.3 Å². The van der Waals surface area contributed by atoms with Crippen LogP contribution in [0.5, 0.6) is 0 Å². The first-order valence-electron chi connectivity index (χ1n) is 9.37. The minimum Gasteiger partial charge on any atom is -0.476 e. The molecule has 29 heavy (non-hydrogen) atoms. The highest BCUT2D eigenvalue weighted by atomic mass is 16.4. The molecule has 154 valence electrons. The highest BCUT2D eigenvalue weighted by Crippen LogP contribution is 2.22. The first-order valence-corrected chi connectivity index (χ1v) is 9.37. The third-order valence-electron chi connectivity index (χ3n) is 5.06. The molecule has 1 atom stereocenters. The van der Waals surface area contributed by atoms with E-state index >= 15 is 0 Å². The van der Waals surface area contributed by atoms with E-state index in [0.29, 0.717) is 17.9 Å². The number of hydrogen-bond acceptors (Lipinski definition) is 5. The van der Waals surface area contributed by atoms with Crippen LogP contribution in [0.4, 0.5) is 5.69 Å². The van der Waals surface area contributed by atoms with Gasteiger partial charge in [-0.1, -0.05) is 0 Å². The van der Waals surface area contributed by atoms with Crippen molar-refractivity contribution in [1.82, 2.24) is 29.3 Å². The molecule has 0 bridgehead atoms. The molecule has 0 radical (unpaired) electrons. The van der Waals surface area contributed by atoms with E-state index in [1.165, 1.54) is 16.9 Å². The van der Waals surface area contributed by atoms with Crippen LogP contribution in [-0.2, 0) is 17.9 Å². The van der Waals surface area contributed by atoms with Crippen LogP contribution in [0.1, 0.15) is 53.0 Å². The molecule has 1 amide bonds. The quantitative estimate of drug-likeness (QED) is 0.628. The van der Waals surface area contributed by atoms with Crippen molar-refractivity contribution in [3.05, 3.63) is 46.8 Å². The van der Waals surface area contributed by atoms with Crippen LogP contribution in [0.25, 0.3) is 0 Å². The summed E-state index contributed by atoms with van der Waals surface area (Å²) in [4.78, 5) is 23.7. The third kappa shape index (κ3) is 3.91. The Morgan fingerprint density at radius 3 is 2.48 bits per heavy atom. The Hall–Kier alpha value is -3.43. The maximum Gasteiger partial charge on any atom is 0.356 e. The van der Waals surface area contributed by atoms with E-state index in [4.69, 9.17) is 5.11 Å². The van der Waals surface area contributed by atoms with Gasteiger partial charge in [-0.2, -0.15) is 15.3 Å². The van der Waals surface area contributed by atoms with Gasteiger partial charge in [0.25, 0.3) is 0 Å². The van der Waals surface area contributed by atoms with Crippen molar-refractivity contribution in [3.63, 3.8) is 0 Å². The van der Waals surface area contributed by atoms with E-state index in [1.54, 1.807) is 6.92 Å². The number of aromatic carboxylic acids is 1. The average Bonchev–Trinajstić information content (AvgIpc) is 3.37. The second-order valence-electron chi connectivity index (χ2n) is 6.93. The van der Waals surface area contributed by atoms with Gasteiger partial charge in [-0.3, -0.25) is 18.8 Å². The number of nitrogens with one attached hydrogen (secondary N) is 1. The first kappa shape index (κ1) is 20.3. The molecule has 3 heterocycles. The van der Waals surface area contributed by atoms with Gasteiger partial charge >= 0.3 is 5.97 Å².